The average Bonchev–Trinajstić information content (AvgIpc) is 2.71. The standard InChI is InChI=1S/C19H28N2O5S/c1-3-16(4-2)20-18(22)14-26-19(23)15-8-10-17(11-9-15)27(24,25)21-12-6-5-7-13-21/h8-11,16H,3-7,12-14H2,1-2H3,(H,20,22). The Hall–Kier alpha value is -1.93. The van der Waals surface area contributed by atoms with E-state index in [9.17, 15) is 18.0 Å². The summed E-state index contributed by atoms with van der Waals surface area (Å²) in [6, 6.07) is 5.71. The second-order valence-corrected chi connectivity index (χ2v) is 8.58. The van der Waals surface area contributed by atoms with Gasteiger partial charge in [-0.05, 0) is 49.9 Å². The zero-order valence-electron chi connectivity index (χ0n) is 15.9. The smallest absolute Gasteiger partial charge is 0.338 e. The molecule has 0 radical (unpaired) electrons. The summed E-state index contributed by atoms with van der Waals surface area (Å²) < 4.78 is 31.7. The molecule has 150 valence electrons. The monoisotopic (exact) mass is 396 g/mol. The lowest BCUT2D eigenvalue weighted by atomic mass is 10.2. The average molecular weight is 397 g/mol. The van der Waals surface area contributed by atoms with E-state index in [1.54, 1.807) is 0 Å². The first kappa shape index (κ1) is 21.4. The molecule has 0 atom stereocenters. The van der Waals surface area contributed by atoms with Crippen LogP contribution >= 0.6 is 0 Å². The van der Waals surface area contributed by atoms with Gasteiger partial charge in [-0.15, -0.1) is 0 Å². The van der Waals surface area contributed by atoms with Gasteiger partial charge in [0.15, 0.2) is 6.61 Å². The molecule has 0 bridgehead atoms. The van der Waals surface area contributed by atoms with Crippen LogP contribution in [0.3, 0.4) is 0 Å². The van der Waals surface area contributed by atoms with E-state index in [4.69, 9.17) is 4.74 Å². The summed E-state index contributed by atoms with van der Waals surface area (Å²) in [5.74, 6) is -1.00. The van der Waals surface area contributed by atoms with Gasteiger partial charge in [-0.3, -0.25) is 4.79 Å². The van der Waals surface area contributed by atoms with Gasteiger partial charge in [0.2, 0.25) is 10.0 Å². The molecule has 1 saturated heterocycles. The fourth-order valence-electron chi connectivity index (χ4n) is 2.99. The maximum atomic E-state index is 12.6. The molecule has 1 fully saturated rings. The fraction of sp³-hybridized carbons (Fsp3) is 0.579. The predicted octanol–water partition coefficient (Wildman–Crippen LogP) is 2.32. The minimum Gasteiger partial charge on any atom is -0.452 e. The van der Waals surface area contributed by atoms with Crippen molar-refractivity contribution < 1.29 is 22.7 Å². The Morgan fingerprint density at radius 2 is 1.67 bits per heavy atom. The molecular weight excluding hydrogens is 368 g/mol. The van der Waals surface area contributed by atoms with Crippen LogP contribution in [-0.2, 0) is 19.6 Å². The molecule has 1 heterocycles. The molecule has 0 saturated carbocycles. The molecule has 0 aliphatic carbocycles. The lowest BCUT2D eigenvalue weighted by Gasteiger charge is -2.25. The van der Waals surface area contributed by atoms with Crippen molar-refractivity contribution in [2.24, 2.45) is 0 Å². The molecule has 0 unspecified atom stereocenters. The van der Waals surface area contributed by atoms with Crippen LogP contribution in [0.2, 0.25) is 0 Å². The second-order valence-electron chi connectivity index (χ2n) is 6.65. The first-order valence-electron chi connectivity index (χ1n) is 9.45. The van der Waals surface area contributed by atoms with E-state index in [0.29, 0.717) is 13.1 Å². The summed E-state index contributed by atoms with van der Waals surface area (Å²) in [4.78, 5) is 24.0. The molecule has 1 aliphatic rings. The summed E-state index contributed by atoms with van der Waals surface area (Å²) in [5, 5.41) is 2.79. The number of ether oxygens (including phenoxy) is 1. The Morgan fingerprint density at radius 3 is 2.22 bits per heavy atom. The number of nitrogens with one attached hydrogen (secondary N) is 1. The summed E-state index contributed by atoms with van der Waals surface area (Å²) in [6.45, 7) is 4.64. The maximum absolute atomic E-state index is 12.6. The Kier molecular flexibility index (Phi) is 7.79. The highest BCUT2D eigenvalue weighted by Crippen LogP contribution is 2.21. The van der Waals surface area contributed by atoms with Crippen molar-refractivity contribution in [3.05, 3.63) is 29.8 Å². The normalized spacial score (nSPS) is 15.5. The number of carbonyl (C=O) groups excluding carboxylic acids is 2. The third-order valence-electron chi connectivity index (χ3n) is 4.73. The summed E-state index contributed by atoms with van der Waals surface area (Å²) in [6.07, 6.45) is 4.39. The topological polar surface area (TPSA) is 92.8 Å². The molecule has 8 heteroatoms. The molecule has 1 aromatic carbocycles. The maximum Gasteiger partial charge on any atom is 0.338 e. The number of rotatable bonds is 8. The van der Waals surface area contributed by atoms with E-state index in [2.05, 4.69) is 5.32 Å². The number of nitrogens with zero attached hydrogens (tertiary/aromatic N) is 1. The minimum absolute atomic E-state index is 0.0653. The van der Waals surface area contributed by atoms with Gasteiger partial charge in [0.1, 0.15) is 0 Å². The highest BCUT2D eigenvalue weighted by Gasteiger charge is 2.26. The Morgan fingerprint density at radius 1 is 1.07 bits per heavy atom. The van der Waals surface area contributed by atoms with E-state index < -0.39 is 16.0 Å². The van der Waals surface area contributed by atoms with Crippen molar-refractivity contribution in [1.82, 2.24) is 9.62 Å². The van der Waals surface area contributed by atoms with Crippen molar-refractivity contribution in [1.29, 1.82) is 0 Å². The van der Waals surface area contributed by atoms with Gasteiger partial charge < -0.3 is 10.1 Å². The largest absolute Gasteiger partial charge is 0.452 e. The molecule has 7 nitrogen and oxygen atoms in total. The molecule has 1 N–H and O–H groups in total. The van der Waals surface area contributed by atoms with Gasteiger partial charge in [0.25, 0.3) is 5.91 Å². The second kappa shape index (κ2) is 9.85. The molecule has 0 spiro atoms. The van der Waals surface area contributed by atoms with E-state index in [0.717, 1.165) is 32.1 Å². The number of hydrogen-bond acceptors (Lipinski definition) is 5. The first-order valence-corrected chi connectivity index (χ1v) is 10.9. The van der Waals surface area contributed by atoms with Crippen LogP contribution in [0, 0.1) is 0 Å². The zero-order chi connectivity index (χ0) is 19.9. The predicted molar refractivity (Wildman–Crippen MR) is 102 cm³/mol. The van der Waals surface area contributed by atoms with Crippen molar-refractivity contribution >= 4 is 21.9 Å². The Balaban J connectivity index is 1.94. The summed E-state index contributed by atoms with van der Waals surface area (Å²) in [7, 11) is -3.53. The number of sulfonamides is 1. The zero-order valence-corrected chi connectivity index (χ0v) is 16.8. The molecule has 1 aliphatic heterocycles. The van der Waals surface area contributed by atoms with Crippen LogP contribution in [0.25, 0.3) is 0 Å². The third kappa shape index (κ3) is 5.77. The molecule has 1 amide bonds. The van der Waals surface area contributed by atoms with Gasteiger partial charge in [0, 0.05) is 19.1 Å². The molecule has 2 rings (SSSR count). The van der Waals surface area contributed by atoms with Crippen LogP contribution in [0.5, 0.6) is 0 Å². The molecule has 0 aromatic heterocycles. The number of amides is 1. The summed E-state index contributed by atoms with van der Waals surface area (Å²) in [5.41, 5.74) is 0.211. The van der Waals surface area contributed by atoms with Crippen molar-refractivity contribution in [3.63, 3.8) is 0 Å². The number of benzene rings is 1. The van der Waals surface area contributed by atoms with Crippen LogP contribution in [0.4, 0.5) is 0 Å². The van der Waals surface area contributed by atoms with Crippen molar-refractivity contribution in [3.8, 4) is 0 Å². The molecule has 1 aromatic rings. The van der Waals surface area contributed by atoms with Gasteiger partial charge in [-0.25, -0.2) is 13.2 Å². The number of carbonyl (C=O) groups is 2. The van der Waals surface area contributed by atoms with E-state index in [-0.39, 0.29) is 29.0 Å². The first-order chi connectivity index (χ1) is 12.9. The number of esters is 1. The van der Waals surface area contributed by atoms with Crippen LogP contribution < -0.4 is 5.32 Å². The van der Waals surface area contributed by atoms with Crippen molar-refractivity contribution in [2.45, 2.75) is 56.9 Å². The van der Waals surface area contributed by atoms with Crippen molar-refractivity contribution in [2.75, 3.05) is 19.7 Å². The van der Waals surface area contributed by atoms with Crippen LogP contribution in [0.1, 0.15) is 56.3 Å². The SMILES string of the molecule is CCC(CC)NC(=O)COC(=O)c1ccc(S(=O)(=O)N2CCCCC2)cc1. The van der Waals surface area contributed by atoms with Gasteiger partial charge in [-0.2, -0.15) is 4.31 Å². The van der Waals surface area contributed by atoms with E-state index >= 15 is 0 Å². The lowest BCUT2D eigenvalue weighted by molar-refractivity contribution is -0.125. The van der Waals surface area contributed by atoms with Gasteiger partial charge in [-0.1, -0.05) is 20.3 Å². The van der Waals surface area contributed by atoms with Crippen LogP contribution in [-0.4, -0.2) is 50.3 Å². The molecule has 27 heavy (non-hydrogen) atoms. The highest BCUT2D eigenvalue weighted by atomic mass is 32.2. The molecular formula is C19H28N2O5S. The van der Waals surface area contributed by atoms with E-state index in [1.807, 2.05) is 13.8 Å². The Bertz CT molecular complexity index is 736. The lowest BCUT2D eigenvalue weighted by Crippen LogP contribution is -2.36. The van der Waals surface area contributed by atoms with Crippen LogP contribution in [0.15, 0.2) is 29.2 Å². The number of hydrogen-bond donors (Lipinski definition) is 1. The fourth-order valence-corrected chi connectivity index (χ4v) is 4.51. The van der Waals surface area contributed by atoms with E-state index in [1.165, 1.54) is 28.6 Å². The third-order valence-corrected chi connectivity index (χ3v) is 6.64. The van der Waals surface area contributed by atoms with Gasteiger partial charge in [0.05, 0.1) is 10.5 Å². The summed E-state index contributed by atoms with van der Waals surface area (Å²) >= 11 is 0. The van der Waals surface area contributed by atoms with Gasteiger partial charge >= 0.3 is 5.97 Å². The Labute approximate surface area is 161 Å². The quantitative estimate of drug-likeness (QED) is 0.681. The minimum atomic E-state index is -3.53. The number of piperidine rings is 1. The highest BCUT2D eigenvalue weighted by molar-refractivity contribution is 7.89.